The summed E-state index contributed by atoms with van der Waals surface area (Å²) >= 11 is 0. The molecule has 170 valence electrons. The Bertz CT molecular complexity index is 1030. The fourth-order valence-electron chi connectivity index (χ4n) is 3.55. The highest BCUT2D eigenvalue weighted by Crippen LogP contribution is 2.42. The number of alkyl halides is 3. The van der Waals surface area contributed by atoms with Crippen LogP contribution >= 0.6 is 0 Å². The molecule has 1 unspecified atom stereocenters. The monoisotopic (exact) mass is 449 g/mol. The van der Waals surface area contributed by atoms with Gasteiger partial charge in [-0.05, 0) is 47.9 Å². The number of halogens is 3. The summed E-state index contributed by atoms with van der Waals surface area (Å²) < 4.78 is 46.4. The van der Waals surface area contributed by atoms with Crippen LogP contribution in [0.2, 0.25) is 0 Å². The van der Waals surface area contributed by atoms with Gasteiger partial charge in [-0.15, -0.1) is 13.2 Å². The number of rotatable bonds is 7. The first-order chi connectivity index (χ1) is 15.0. The second-order valence-corrected chi connectivity index (χ2v) is 7.68. The minimum absolute atomic E-state index is 0.0118. The number of aliphatic hydroxyl groups is 1. The third-order valence-corrected chi connectivity index (χ3v) is 4.88. The number of ether oxygens (including phenoxy) is 2. The minimum Gasteiger partial charge on any atom is -0.503 e. The quantitative estimate of drug-likeness (QED) is 0.636. The summed E-state index contributed by atoms with van der Waals surface area (Å²) in [7, 11) is 1.49. The van der Waals surface area contributed by atoms with Gasteiger partial charge in [0.2, 0.25) is 0 Å². The Hall–Kier alpha value is -3.49. The summed E-state index contributed by atoms with van der Waals surface area (Å²) in [6.45, 7) is 3.68. The van der Waals surface area contributed by atoms with Crippen molar-refractivity contribution >= 4 is 17.4 Å². The van der Waals surface area contributed by atoms with E-state index in [1.54, 1.807) is 24.3 Å². The molecule has 0 saturated heterocycles. The number of hydrogen-bond donors (Lipinski definition) is 1. The zero-order chi connectivity index (χ0) is 23.6. The van der Waals surface area contributed by atoms with Gasteiger partial charge in [-0.2, -0.15) is 0 Å². The van der Waals surface area contributed by atoms with Crippen molar-refractivity contribution in [3.63, 3.8) is 0 Å². The largest absolute Gasteiger partial charge is 0.573 e. The molecule has 0 fully saturated rings. The van der Waals surface area contributed by atoms with Crippen molar-refractivity contribution in [2.45, 2.75) is 32.7 Å². The maximum absolute atomic E-state index is 13.0. The molecule has 2 aromatic rings. The normalized spacial score (nSPS) is 16.7. The molecule has 0 spiro atoms. The summed E-state index contributed by atoms with van der Waals surface area (Å²) in [5, 5.41) is 10.6. The number of ketones is 1. The molecule has 1 N–H and O–H groups in total. The van der Waals surface area contributed by atoms with E-state index in [1.165, 1.54) is 24.1 Å². The molecule has 9 heteroatoms. The molecule has 6 nitrogen and oxygen atoms in total. The van der Waals surface area contributed by atoms with Gasteiger partial charge >= 0.3 is 6.36 Å². The number of carbonyl (C=O) groups is 2. The van der Waals surface area contributed by atoms with E-state index in [1.807, 2.05) is 13.8 Å². The van der Waals surface area contributed by atoms with Crippen LogP contribution in [-0.2, 0) is 9.59 Å². The van der Waals surface area contributed by atoms with Gasteiger partial charge in [-0.1, -0.05) is 26.0 Å². The summed E-state index contributed by atoms with van der Waals surface area (Å²) in [4.78, 5) is 27.1. The van der Waals surface area contributed by atoms with E-state index in [2.05, 4.69) is 4.74 Å². The molecule has 1 aliphatic rings. The zero-order valence-electron chi connectivity index (χ0n) is 17.6. The molecule has 0 radical (unpaired) electrons. The van der Waals surface area contributed by atoms with Gasteiger partial charge in [0.25, 0.3) is 5.91 Å². The van der Waals surface area contributed by atoms with Gasteiger partial charge in [0.1, 0.15) is 11.5 Å². The van der Waals surface area contributed by atoms with Crippen molar-refractivity contribution in [3.8, 4) is 11.5 Å². The Labute approximate surface area is 182 Å². The number of Topliss-reactive ketones (excluding diaryl/α,β-unsaturated/α-hetero) is 1. The number of methoxy groups -OCH3 is 1. The maximum atomic E-state index is 13.0. The summed E-state index contributed by atoms with van der Waals surface area (Å²) in [5.74, 6) is -1.79. The van der Waals surface area contributed by atoms with Crippen LogP contribution < -0.4 is 14.4 Å². The van der Waals surface area contributed by atoms with Crippen molar-refractivity contribution in [1.82, 2.24) is 0 Å². The highest BCUT2D eigenvalue weighted by molar-refractivity contribution is 6.16. The fraction of sp³-hybridized carbons (Fsp3) is 0.304. The van der Waals surface area contributed by atoms with Crippen LogP contribution in [0.3, 0.4) is 0 Å². The first kappa shape index (κ1) is 23.2. The van der Waals surface area contributed by atoms with Crippen LogP contribution in [0.25, 0.3) is 0 Å². The van der Waals surface area contributed by atoms with Crippen LogP contribution in [0.1, 0.15) is 31.9 Å². The van der Waals surface area contributed by atoms with E-state index in [0.29, 0.717) is 11.3 Å². The zero-order valence-corrected chi connectivity index (χ0v) is 17.6. The Balaban J connectivity index is 2.05. The van der Waals surface area contributed by atoms with Crippen LogP contribution in [-0.4, -0.2) is 30.3 Å². The molecule has 3 rings (SSSR count). The van der Waals surface area contributed by atoms with E-state index >= 15 is 0 Å². The van der Waals surface area contributed by atoms with Crippen LogP contribution in [0, 0.1) is 5.92 Å². The predicted molar refractivity (Wildman–Crippen MR) is 110 cm³/mol. The standard InChI is InChI=1S/C23H22F3NO5/c1-13(2)12-18(28)19-20(14-4-8-16(31-3)9-5-14)27(22(30)21(19)29)15-6-10-17(11-7-15)32-23(24,25)26/h4-11,13,20,29H,12H2,1-3H3. The van der Waals surface area contributed by atoms with Gasteiger partial charge < -0.3 is 14.6 Å². The highest BCUT2D eigenvalue weighted by Gasteiger charge is 2.44. The molecule has 1 amide bonds. The van der Waals surface area contributed by atoms with E-state index in [9.17, 15) is 27.9 Å². The average Bonchev–Trinajstić information content (AvgIpc) is 2.98. The smallest absolute Gasteiger partial charge is 0.503 e. The van der Waals surface area contributed by atoms with Crippen molar-refractivity contribution in [2.75, 3.05) is 12.0 Å². The van der Waals surface area contributed by atoms with Crippen molar-refractivity contribution in [1.29, 1.82) is 0 Å². The predicted octanol–water partition coefficient (Wildman–Crippen LogP) is 5.11. The molecule has 1 heterocycles. The second-order valence-electron chi connectivity index (χ2n) is 7.68. The number of hydrogen-bond acceptors (Lipinski definition) is 5. The van der Waals surface area contributed by atoms with Gasteiger partial charge in [0.05, 0.1) is 18.7 Å². The molecular formula is C23H22F3NO5. The second kappa shape index (κ2) is 8.94. The lowest BCUT2D eigenvalue weighted by atomic mass is 9.92. The molecule has 2 aromatic carbocycles. The molecule has 0 bridgehead atoms. The molecule has 1 aliphatic heterocycles. The number of nitrogens with zero attached hydrogens (tertiary/aromatic N) is 1. The molecule has 0 aliphatic carbocycles. The maximum Gasteiger partial charge on any atom is 0.573 e. The van der Waals surface area contributed by atoms with Gasteiger partial charge in [-0.3, -0.25) is 14.5 Å². The molecule has 32 heavy (non-hydrogen) atoms. The van der Waals surface area contributed by atoms with Crippen LogP contribution in [0.15, 0.2) is 59.9 Å². The number of amides is 1. The third-order valence-electron chi connectivity index (χ3n) is 4.88. The van der Waals surface area contributed by atoms with E-state index in [-0.39, 0.29) is 29.4 Å². The summed E-state index contributed by atoms with van der Waals surface area (Å²) in [5.41, 5.74) is 0.680. The number of aliphatic hydroxyl groups excluding tert-OH is 1. The van der Waals surface area contributed by atoms with Crippen LogP contribution in [0.5, 0.6) is 11.5 Å². The molecule has 0 saturated carbocycles. The molecule has 0 aromatic heterocycles. The minimum atomic E-state index is -4.85. The Morgan fingerprint density at radius 2 is 1.62 bits per heavy atom. The van der Waals surface area contributed by atoms with Crippen molar-refractivity contribution < 1.29 is 37.3 Å². The van der Waals surface area contributed by atoms with E-state index in [4.69, 9.17) is 4.74 Å². The Morgan fingerprint density at radius 1 is 1.06 bits per heavy atom. The summed E-state index contributed by atoms with van der Waals surface area (Å²) in [6.07, 6.45) is -4.74. The lowest BCUT2D eigenvalue weighted by molar-refractivity contribution is -0.274. The van der Waals surface area contributed by atoms with Crippen LogP contribution in [0.4, 0.5) is 18.9 Å². The average molecular weight is 449 g/mol. The fourth-order valence-corrected chi connectivity index (χ4v) is 3.55. The highest BCUT2D eigenvalue weighted by atomic mass is 19.4. The SMILES string of the molecule is COc1ccc(C2C(C(=O)CC(C)C)=C(O)C(=O)N2c2ccc(OC(F)(F)F)cc2)cc1. The number of benzene rings is 2. The van der Waals surface area contributed by atoms with Gasteiger partial charge in [0.15, 0.2) is 11.5 Å². The van der Waals surface area contributed by atoms with E-state index in [0.717, 1.165) is 12.1 Å². The number of anilines is 1. The molecular weight excluding hydrogens is 427 g/mol. The first-order valence-corrected chi connectivity index (χ1v) is 9.81. The topological polar surface area (TPSA) is 76.1 Å². The van der Waals surface area contributed by atoms with Gasteiger partial charge in [-0.25, -0.2) is 0 Å². The van der Waals surface area contributed by atoms with E-state index < -0.39 is 29.8 Å². The van der Waals surface area contributed by atoms with Gasteiger partial charge in [0, 0.05) is 12.1 Å². The summed E-state index contributed by atoms with van der Waals surface area (Å²) in [6, 6.07) is 10.3. The lowest BCUT2D eigenvalue weighted by Crippen LogP contribution is -2.31. The lowest BCUT2D eigenvalue weighted by Gasteiger charge is -2.27. The van der Waals surface area contributed by atoms with Crippen molar-refractivity contribution in [3.05, 3.63) is 65.4 Å². The van der Waals surface area contributed by atoms with Crippen molar-refractivity contribution in [2.24, 2.45) is 5.92 Å². The number of carbonyl (C=O) groups excluding carboxylic acids is 2. The molecule has 1 atom stereocenters. The Kier molecular flexibility index (Phi) is 6.47. The third kappa shape index (κ3) is 4.87. The first-order valence-electron chi connectivity index (χ1n) is 9.81. The Morgan fingerprint density at radius 3 is 2.12 bits per heavy atom.